The average Bonchev–Trinajstić information content (AvgIpc) is 2.77. The summed E-state index contributed by atoms with van der Waals surface area (Å²) < 4.78 is 0. The molecule has 4 rings (SSSR count). The van der Waals surface area contributed by atoms with Gasteiger partial charge in [0.05, 0.1) is 18.2 Å². The van der Waals surface area contributed by atoms with Crippen LogP contribution in [0, 0.1) is 11.8 Å². The summed E-state index contributed by atoms with van der Waals surface area (Å²) in [4.78, 5) is 45.5. The molecule has 3 aliphatic rings. The first-order chi connectivity index (χ1) is 16.5. The number of primary amides is 1. The molecule has 0 aliphatic heterocycles. The first-order valence-corrected chi connectivity index (χ1v) is 11.3. The zero-order valence-electron chi connectivity index (χ0n) is 19.7. The number of hydroxylamine groups is 1. The monoisotopic (exact) mass is 487 g/mol. The predicted octanol–water partition coefficient (Wildman–Crippen LogP) is 0.00510. The minimum absolute atomic E-state index is 0.0414. The van der Waals surface area contributed by atoms with Gasteiger partial charge in [0, 0.05) is 18.0 Å². The van der Waals surface area contributed by atoms with Crippen LogP contribution in [-0.4, -0.2) is 75.1 Å². The number of phenols is 1. The van der Waals surface area contributed by atoms with Crippen LogP contribution in [0.15, 0.2) is 29.0 Å². The van der Waals surface area contributed by atoms with Gasteiger partial charge in [0.15, 0.2) is 11.4 Å². The van der Waals surface area contributed by atoms with E-state index in [1.54, 1.807) is 20.2 Å². The number of hydrogen-bond donors (Lipinski definition) is 6. The van der Waals surface area contributed by atoms with Crippen LogP contribution in [-0.2, 0) is 32.2 Å². The molecule has 0 bridgehead atoms. The average molecular weight is 488 g/mol. The molecule has 3 aliphatic carbocycles. The number of nitrogens with one attached hydrogen (secondary N) is 1. The van der Waals surface area contributed by atoms with Crippen molar-refractivity contribution in [1.29, 1.82) is 0 Å². The molecule has 1 saturated carbocycles. The van der Waals surface area contributed by atoms with Gasteiger partial charge in [0.1, 0.15) is 22.8 Å². The van der Waals surface area contributed by atoms with Crippen LogP contribution in [0.4, 0.5) is 0 Å². The number of rotatable bonds is 6. The third-order valence-electron chi connectivity index (χ3n) is 7.21. The van der Waals surface area contributed by atoms with Crippen LogP contribution in [0.25, 0.3) is 5.76 Å². The van der Waals surface area contributed by atoms with Gasteiger partial charge in [-0.25, -0.2) is 0 Å². The molecule has 1 aromatic rings. The molecular weight excluding hydrogens is 458 g/mol. The highest BCUT2D eigenvalue weighted by atomic mass is 16.6. The molecule has 1 amide bonds. The van der Waals surface area contributed by atoms with E-state index in [0.717, 1.165) is 5.56 Å². The van der Waals surface area contributed by atoms with Crippen molar-refractivity contribution in [2.75, 3.05) is 20.7 Å². The van der Waals surface area contributed by atoms with Gasteiger partial charge in [-0.3, -0.25) is 19.3 Å². The molecule has 0 unspecified atom stereocenters. The number of carbonyl (C=O) groups is 3. The van der Waals surface area contributed by atoms with Crippen molar-refractivity contribution < 1.29 is 39.6 Å². The number of aromatic hydroxyl groups is 1. The summed E-state index contributed by atoms with van der Waals surface area (Å²) in [6.45, 7) is 2.52. The number of hydrogen-bond acceptors (Lipinski definition) is 10. The van der Waals surface area contributed by atoms with Gasteiger partial charge in [-0.1, -0.05) is 6.07 Å². The molecule has 11 heteroatoms. The molecule has 0 spiro atoms. The van der Waals surface area contributed by atoms with E-state index in [0.29, 0.717) is 12.2 Å². The summed E-state index contributed by atoms with van der Waals surface area (Å²) in [5.41, 5.74) is 5.84. The Bertz CT molecular complexity index is 1190. The highest BCUT2D eigenvalue weighted by Crippen LogP contribution is 2.52. The minimum atomic E-state index is -2.64. The smallest absolute Gasteiger partial charge is 0.255 e. The van der Waals surface area contributed by atoms with Crippen molar-refractivity contribution in [2.24, 2.45) is 17.6 Å². The van der Waals surface area contributed by atoms with E-state index < -0.39 is 58.0 Å². The standard InChI is InChI=1S/C24H29N3O8/c1-4-35-26-9-10-5-6-14(28)16-12(10)7-11-8-13-18(27(2)3)20(30)17(23(25)33)22(32)24(13,34)21(31)15(11)19(16)29/h5-6,11,13,18,26,28-29,32,34H,4,7-9H2,1-3H3,(H2,25,33)/t11-,13-,18-,24-/m0/s1. The quantitative estimate of drug-likeness (QED) is 0.181. The third-order valence-corrected chi connectivity index (χ3v) is 7.21. The second-order valence-corrected chi connectivity index (χ2v) is 9.31. The molecule has 0 radical (unpaired) electrons. The van der Waals surface area contributed by atoms with Crippen molar-refractivity contribution in [3.8, 4) is 5.75 Å². The normalized spacial score (nSPS) is 28.2. The Morgan fingerprint density at radius 3 is 2.54 bits per heavy atom. The number of phenolic OH excluding ortho intramolecular Hbond substituents is 1. The molecule has 0 saturated heterocycles. The number of aliphatic hydroxyl groups is 3. The van der Waals surface area contributed by atoms with E-state index >= 15 is 0 Å². The summed E-state index contributed by atoms with van der Waals surface area (Å²) >= 11 is 0. The summed E-state index contributed by atoms with van der Waals surface area (Å²) in [6.07, 6.45) is 0.270. The number of ketones is 2. The van der Waals surface area contributed by atoms with Gasteiger partial charge in [-0.05, 0) is 57.0 Å². The molecule has 0 heterocycles. The van der Waals surface area contributed by atoms with Crippen LogP contribution in [0.1, 0.15) is 30.0 Å². The highest BCUT2D eigenvalue weighted by molar-refractivity contribution is 6.24. The number of benzene rings is 1. The Labute approximate surface area is 201 Å². The van der Waals surface area contributed by atoms with Gasteiger partial charge in [0.25, 0.3) is 5.91 Å². The molecule has 1 fully saturated rings. The maximum Gasteiger partial charge on any atom is 0.255 e. The summed E-state index contributed by atoms with van der Waals surface area (Å²) in [5.74, 6) is -6.69. The number of amides is 1. The van der Waals surface area contributed by atoms with Crippen molar-refractivity contribution in [3.05, 3.63) is 45.7 Å². The molecule has 4 atom stereocenters. The number of likely N-dealkylation sites (N-methyl/N-ethyl adjacent to an activating group) is 1. The second-order valence-electron chi connectivity index (χ2n) is 9.31. The zero-order valence-corrected chi connectivity index (χ0v) is 19.7. The van der Waals surface area contributed by atoms with Crippen molar-refractivity contribution in [1.82, 2.24) is 10.4 Å². The van der Waals surface area contributed by atoms with Gasteiger partial charge in [0.2, 0.25) is 5.78 Å². The first kappa shape index (κ1) is 24.9. The number of Topliss-reactive ketones (excluding diaryl/α,β-unsaturated/α-hetero) is 2. The number of nitrogens with zero attached hydrogens (tertiary/aromatic N) is 1. The molecule has 35 heavy (non-hydrogen) atoms. The fourth-order valence-electron chi connectivity index (χ4n) is 5.70. The van der Waals surface area contributed by atoms with Crippen LogP contribution in [0.5, 0.6) is 5.75 Å². The molecule has 188 valence electrons. The molecule has 0 aromatic heterocycles. The van der Waals surface area contributed by atoms with E-state index in [4.69, 9.17) is 10.6 Å². The summed E-state index contributed by atoms with van der Waals surface area (Å²) in [5, 5.41) is 44.1. The lowest BCUT2D eigenvalue weighted by atomic mass is 9.57. The fraction of sp³-hybridized carbons (Fsp3) is 0.458. The van der Waals surface area contributed by atoms with Gasteiger partial charge >= 0.3 is 0 Å². The summed E-state index contributed by atoms with van der Waals surface area (Å²) in [6, 6.07) is 1.95. The molecule has 1 aromatic carbocycles. The molecule has 11 nitrogen and oxygen atoms in total. The van der Waals surface area contributed by atoms with E-state index in [1.165, 1.54) is 11.0 Å². The highest BCUT2D eigenvalue weighted by Gasteiger charge is 2.64. The third kappa shape index (κ3) is 3.54. The van der Waals surface area contributed by atoms with Crippen molar-refractivity contribution in [2.45, 2.75) is 38.0 Å². The predicted molar refractivity (Wildman–Crippen MR) is 123 cm³/mol. The fourth-order valence-corrected chi connectivity index (χ4v) is 5.70. The van der Waals surface area contributed by atoms with E-state index in [2.05, 4.69) is 5.48 Å². The number of fused-ring (bicyclic) bond motifs is 3. The van der Waals surface area contributed by atoms with Crippen molar-refractivity contribution in [3.63, 3.8) is 0 Å². The maximum absolute atomic E-state index is 13.7. The maximum atomic E-state index is 13.7. The lowest BCUT2D eigenvalue weighted by Gasteiger charge is -2.50. The second kappa shape index (κ2) is 8.76. The lowest BCUT2D eigenvalue weighted by molar-refractivity contribution is -0.153. The van der Waals surface area contributed by atoms with Crippen molar-refractivity contribution >= 4 is 23.2 Å². The zero-order chi connectivity index (χ0) is 25.8. The Hall–Kier alpha value is -3.25. The number of carbonyl (C=O) groups excluding carboxylic acids is 3. The van der Waals surface area contributed by atoms with Crippen LogP contribution in [0.3, 0.4) is 0 Å². The largest absolute Gasteiger partial charge is 0.508 e. The summed E-state index contributed by atoms with van der Waals surface area (Å²) in [7, 11) is 3.12. The van der Waals surface area contributed by atoms with Gasteiger partial charge in [-0.2, -0.15) is 5.48 Å². The van der Waals surface area contributed by atoms with E-state index in [1.807, 2.05) is 6.92 Å². The number of nitrogens with two attached hydrogens (primary N) is 1. The molecular formula is C24H29N3O8. The lowest BCUT2D eigenvalue weighted by Crippen LogP contribution is -2.65. The van der Waals surface area contributed by atoms with Gasteiger partial charge in [-0.15, -0.1) is 0 Å². The van der Waals surface area contributed by atoms with E-state index in [-0.39, 0.29) is 36.3 Å². The minimum Gasteiger partial charge on any atom is -0.508 e. The topological polar surface area (TPSA) is 183 Å². The number of aliphatic hydroxyl groups excluding tert-OH is 2. The SMILES string of the molecule is CCONCc1ccc(O)c2c1C[C@H]1C[C@H]3[C@H](N(C)C)C(=O)C(C(N)=O)=C(O)[C@@]3(O)C(=O)C1=C2O. The Morgan fingerprint density at radius 1 is 1.26 bits per heavy atom. The van der Waals surface area contributed by atoms with Crippen LogP contribution < -0.4 is 11.2 Å². The van der Waals surface area contributed by atoms with Crippen LogP contribution in [0.2, 0.25) is 0 Å². The Kier molecular flexibility index (Phi) is 6.22. The van der Waals surface area contributed by atoms with E-state index in [9.17, 15) is 34.8 Å². The van der Waals surface area contributed by atoms with Gasteiger partial charge < -0.3 is 31.0 Å². The molecule has 7 N–H and O–H groups in total. The Morgan fingerprint density at radius 2 is 1.94 bits per heavy atom. The van der Waals surface area contributed by atoms with Crippen LogP contribution >= 0.6 is 0 Å². The first-order valence-electron chi connectivity index (χ1n) is 11.3. The Balaban J connectivity index is 1.91.